The van der Waals surface area contributed by atoms with Crippen LogP contribution in [0.5, 0.6) is 0 Å². The van der Waals surface area contributed by atoms with Crippen LogP contribution in [0, 0.1) is 5.92 Å². The van der Waals surface area contributed by atoms with Crippen molar-refractivity contribution in [1.82, 2.24) is 0 Å². The lowest BCUT2D eigenvalue weighted by Crippen LogP contribution is -2.39. The van der Waals surface area contributed by atoms with Crippen LogP contribution in [0.15, 0.2) is 23.8 Å². The van der Waals surface area contributed by atoms with Gasteiger partial charge in [0.1, 0.15) is 0 Å². The van der Waals surface area contributed by atoms with Crippen LogP contribution in [0.1, 0.15) is 53.9 Å². The van der Waals surface area contributed by atoms with Crippen LogP contribution >= 0.6 is 0 Å². The molecular weight excluding hydrogens is 292 g/mol. The fourth-order valence-electron chi connectivity index (χ4n) is 2.34. The zero-order chi connectivity index (χ0) is 17.9. The van der Waals surface area contributed by atoms with Crippen molar-refractivity contribution in [3.05, 3.63) is 23.8 Å². The van der Waals surface area contributed by atoms with Gasteiger partial charge in [-0.2, -0.15) is 0 Å². The SMILES string of the molecule is CCOC(=O)/C=C(C)/C=C/CC(C)CCC(OC)C(C)(C)OC. The third kappa shape index (κ3) is 9.57. The molecule has 0 aliphatic heterocycles. The van der Waals surface area contributed by atoms with E-state index in [4.69, 9.17) is 14.2 Å². The van der Waals surface area contributed by atoms with Gasteiger partial charge in [-0.25, -0.2) is 4.79 Å². The van der Waals surface area contributed by atoms with Crippen molar-refractivity contribution >= 4 is 5.97 Å². The summed E-state index contributed by atoms with van der Waals surface area (Å²) in [6, 6.07) is 0. The Kier molecular flexibility index (Phi) is 10.9. The van der Waals surface area contributed by atoms with Crippen molar-refractivity contribution in [3.63, 3.8) is 0 Å². The lowest BCUT2D eigenvalue weighted by molar-refractivity contribution is -0.137. The molecule has 0 radical (unpaired) electrons. The van der Waals surface area contributed by atoms with Gasteiger partial charge < -0.3 is 14.2 Å². The monoisotopic (exact) mass is 326 g/mol. The Labute approximate surface area is 141 Å². The predicted octanol–water partition coefficient (Wildman–Crippen LogP) is 4.30. The van der Waals surface area contributed by atoms with Gasteiger partial charge in [-0.15, -0.1) is 0 Å². The minimum atomic E-state index is -0.285. The van der Waals surface area contributed by atoms with Crippen molar-refractivity contribution in [1.29, 1.82) is 0 Å². The van der Waals surface area contributed by atoms with Gasteiger partial charge in [0.25, 0.3) is 0 Å². The molecule has 0 N–H and O–H groups in total. The molecule has 0 fully saturated rings. The number of carbonyl (C=O) groups excluding carboxylic acids is 1. The summed E-state index contributed by atoms with van der Waals surface area (Å²) in [5, 5.41) is 0. The Morgan fingerprint density at radius 3 is 2.39 bits per heavy atom. The number of methoxy groups -OCH3 is 2. The van der Waals surface area contributed by atoms with E-state index in [2.05, 4.69) is 26.8 Å². The lowest BCUT2D eigenvalue weighted by Gasteiger charge is -2.32. The average molecular weight is 326 g/mol. The van der Waals surface area contributed by atoms with Crippen molar-refractivity contribution in [2.24, 2.45) is 5.92 Å². The number of hydrogen-bond acceptors (Lipinski definition) is 4. The van der Waals surface area contributed by atoms with E-state index in [1.807, 2.05) is 13.0 Å². The molecule has 0 saturated carbocycles. The number of hydrogen-bond donors (Lipinski definition) is 0. The standard InChI is InChI=1S/C19H34O4/c1-8-23-18(20)14-16(3)11-9-10-15(2)12-13-17(21-6)19(4,5)22-7/h9,11,14-15,17H,8,10,12-13H2,1-7H3/b11-9+,16-14+. The van der Waals surface area contributed by atoms with Crippen LogP contribution in [0.2, 0.25) is 0 Å². The quantitative estimate of drug-likeness (QED) is 0.323. The van der Waals surface area contributed by atoms with Crippen LogP contribution in [0.25, 0.3) is 0 Å². The highest BCUT2D eigenvalue weighted by atomic mass is 16.5. The maximum Gasteiger partial charge on any atom is 0.330 e. The molecule has 2 unspecified atom stereocenters. The number of esters is 1. The fraction of sp³-hybridized carbons (Fsp3) is 0.737. The molecule has 0 saturated heterocycles. The molecule has 4 nitrogen and oxygen atoms in total. The molecule has 0 aliphatic carbocycles. The maximum atomic E-state index is 11.3. The summed E-state index contributed by atoms with van der Waals surface area (Å²) in [6.45, 7) is 10.4. The molecule has 0 spiro atoms. The van der Waals surface area contributed by atoms with Crippen molar-refractivity contribution in [3.8, 4) is 0 Å². The van der Waals surface area contributed by atoms with Gasteiger partial charge in [-0.1, -0.05) is 19.1 Å². The number of ether oxygens (including phenoxy) is 3. The summed E-state index contributed by atoms with van der Waals surface area (Å²) in [6.07, 6.45) is 8.69. The van der Waals surface area contributed by atoms with E-state index >= 15 is 0 Å². The van der Waals surface area contributed by atoms with E-state index < -0.39 is 0 Å². The Bertz CT molecular complexity index is 396. The van der Waals surface area contributed by atoms with Gasteiger partial charge >= 0.3 is 5.97 Å². The summed E-state index contributed by atoms with van der Waals surface area (Å²) in [5.41, 5.74) is 0.634. The minimum absolute atomic E-state index is 0.0874. The third-order valence-electron chi connectivity index (χ3n) is 4.06. The molecule has 0 heterocycles. The second kappa shape index (κ2) is 11.4. The highest BCUT2D eigenvalue weighted by molar-refractivity contribution is 5.83. The van der Waals surface area contributed by atoms with Gasteiger partial charge in [-0.05, 0) is 58.4 Å². The smallest absolute Gasteiger partial charge is 0.330 e. The van der Waals surface area contributed by atoms with E-state index in [0.717, 1.165) is 24.8 Å². The Morgan fingerprint density at radius 2 is 1.87 bits per heavy atom. The second-order valence-corrected chi connectivity index (χ2v) is 6.49. The van der Waals surface area contributed by atoms with Crippen LogP contribution in [0.4, 0.5) is 0 Å². The number of rotatable bonds is 11. The molecule has 0 aliphatic rings. The zero-order valence-corrected chi connectivity index (χ0v) is 15.8. The Hall–Kier alpha value is -1.13. The first-order chi connectivity index (χ1) is 10.8. The van der Waals surface area contributed by atoms with Crippen molar-refractivity contribution < 1.29 is 19.0 Å². The molecule has 23 heavy (non-hydrogen) atoms. The fourth-order valence-corrected chi connectivity index (χ4v) is 2.34. The topological polar surface area (TPSA) is 44.8 Å². The van der Waals surface area contributed by atoms with Crippen molar-refractivity contribution in [2.45, 2.75) is 65.6 Å². The molecule has 4 heteroatoms. The average Bonchev–Trinajstić information content (AvgIpc) is 2.47. The Balaban J connectivity index is 4.27. The van der Waals surface area contributed by atoms with E-state index in [-0.39, 0.29) is 17.7 Å². The Morgan fingerprint density at radius 1 is 1.22 bits per heavy atom. The van der Waals surface area contributed by atoms with Crippen LogP contribution in [0.3, 0.4) is 0 Å². The maximum absolute atomic E-state index is 11.3. The van der Waals surface area contributed by atoms with Crippen LogP contribution in [-0.4, -0.2) is 38.5 Å². The molecule has 134 valence electrons. The van der Waals surface area contributed by atoms with Gasteiger partial charge in [0.05, 0.1) is 18.3 Å². The van der Waals surface area contributed by atoms with Crippen LogP contribution in [-0.2, 0) is 19.0 Å². The molecule has 0 rings (SSSR count). The largest absolute Gasteiger partial charge is 0.463 e. The van der Waals surface area contributed by atoms with E-state index in [9.17, 15) is 4.79 Å². The summed E-state index contributed by atoms with van der Waals surface area (Å²) in [4.78, 5) is 11.3. The predicted molar refractivity (Wildman–Crippen MR) is 94.4 cm³/mol. The first kappa shape index (κ1) is 21.9. The summed E-state index contributed by atoms with van der Waals surface area (Å²) < 4.78 is 15.9. The normalized spacial score (nSPS) is 15.7. The molecule has 0 bridgehead atoms. The van der Waals surface area contributed by atoms with Crippen LogP contribution < -0.4 is 0 Å². The third-order valence-corrected chi connectivity index (χ3v) is 4.06. The lowest BCUT2D eigenvalue weighted by atomic mass is 9.92. The zero-order valence-electron chi connectivity index (χ0n) is 15.8. The molecule has 0 aromatic carbocycles. The molecule has 0 aromatic rings. The van der Waals surface area contributed by atoms with E-state index in [1.54, 1.807) is 21.1 Å². The molecule has 0 amide bonds. The van der Waals surface area contributed by atoms with E-state index in [1.165, 1.54) is 6.08 Å². The molecular formula is C19H34O4. The highest BCUT2D eigenvalue weighted by Crippen LogP contribution is 2.23. The first-order valence-corrected chi connectivity index (χ1v) is 8.36. The number of carbonyl (C=O) groups is 1. The van der Waals surface area contributed by atoms with Gasteiger partial charge in [-0.3, -0.25) is 0 Å². The number of allylic oxidation sites excluding steroid dienone is 3. The second-order valence-electron chi connectivity index (χ2n) is 6.49. The van der Waals surface area contributed by atoms with Gasteiger partial charge in [0.15, 0.2) is 0 Å². The van der Waals surface area contributed by atoms with E-state index in [0.29, 0.717) is 12.5 Å². The van der Waals surface area contributed by atoms with Gasteiger partial charge in [0.2, 0.25) is 0 Å². The minimum Gasteiger partial charge on any atom is -0.463 e. The first-order valence-electron chi connectivity index (χ1n) is 8.36. The highest BCUT2D eigenvalue weighted by Gasteiger charge is 2.29. The molecule has 2 atom stereocenters. The summed E-state index contributed by atoms with van der Waals surface area (Å²) >= 11 is 0. The van der Waals surface area contributed by atoms with Crippen molar-refractivity contribution in [2.75, 3.05) is 20.8 Å². The summed E-state index contributed by atoms with van der Waals surface area (Å²) in [5.74, 6) is 0.263. The summed E-state index contributed by atoms with van der Waals surface area (Å²) in [7, 11) is 3.45. The van der Waals surface area contributed by atoms with Gasteiger partial charge in [0, 0.05) is 20.3 Å². The molecule has 0 aromatic heterocycles.